The lowest BCUT2D eigenvalue weighted by Gasteiger charge is -2.18. The number of benzene rings is 2. The fourth-order valence-electron chi connectivity index (χ4n) is 3.85. The van der Waals surface area contributed by atoms with Crippen molar-refractivity contribution < 1.29 is 4.39 Å². The number of nitrogens with one attached hydrogen (secondary N) is 1. The molecule has 0 aliphatic carbocycles. The SMILES string of the molecule is Cc1ccc(Cl)c(CNc2ncnc3nn(Cc4ccc(N(C)c5ccccn5)cc4)cc23)c1F. The lowest BCUT2D eigenvalue weighted by molar-refractivity contribution is 0.604. The van der Waals surface area contributed by atoms with Crippen molar-refractivity contribution in [2.75, 3.05) is 17.3 Å². The van der Waals surface area contributed by atoms with Gasteiger partial charge in [-0.15, -0.1) is 0 Å². The molecule has 9 heteroatoms. The largest absolute Gasteiger partial charge is 0.365 e. The second-order valence-corrected chi connectivity index (χ2v) is 8.62. The van der Waals surface area contributed by atoms with Crippen LogP contribution in [-0.4, -0.2) is 31.8 Å². The van der Waals surface area contributed by atoms with E-state index in [1.54, 1.807) is 25.3 Å². The number of aromatic nitrogens is 5. The van der Waals surface area contributed by atoms with Crippen LogP contribution in [0.1, 0.15) is 16.7 Å². The van der Waals surface area contributed by atoms with Gasteiger partial charge in [0.15, 0.2) is 5.65 Å². The van der Waals surface area contributed by atoms with Crippen LogP contribution in [-0.2, 0) is 13.1 Å². The zero-order valence-electron chi connectivity index (χ0n) is 19.3. The van der Waals surface area contributed by atoms with Gasteiger partial charge < -0.3 is 10.2 Å². The highest BCUT2D eigenvalue weighted by molar-refractivity contribution is 6.31. The molecule has 1 N–H and O–H groups in total. The Hall–Kier alpha value is -4.04. The molecule has 7 nitrogen and oxygen atoms in total. The quantitative estimate of drug-likeness (QED) is 0.315. The number of rotatable bonds is 7. The van der Waals surface area contributed by atoms with Crippen LogP contribution in [0.3, 0.4) is 0 Å². The van der Waals surface area contributed by atoms with Crippen LogP contribution in [0.4, 0.5) is 21.7 Å². The van der Waals surface area contributed by atoms with Crippen molar-refractivity contribution in [1.82, 2.24) is 24.7 Å². The Morgan fingerprint density at radius 3 is 2.63 bits per heavy atom. The lowest BCUT2D eigenvalue weighted by atomic mass is 10.1. The monoisotopic (exact) mass is 487 g/mol. The normalized spacial score (nSPS) is 11.1. The number of nitrogens with zero attached hydrogens (tertiary/aromatic N) is 6. The van der Waals surface area contributed by atoms with Crippen LogP contribution in [0.25, 0.3) is 11.0 Å². The van der Waals surface area contributed by atoms with Gasteiger partial charge in [-0.25, -0.2) is 19.3 Å². The zero-order valence-corrected chi connectivity index (χ0v) is 20.0. The second kappa shape index (κ2) is 9.68. The molecular formula is C26H23ClFN7. The maximum atomic E-state index is 14.5. The maximum Gasteiger partial charge on any atom is 0.186 e. The van der Waals surface area contributed by atoms with E-state index in [2.05, 4.69) is 49.6 Å². The third-order valence-corrected chi connectivity index (χ3v) is 6.19. The molecular weight excluding hydrogens is 465 g/mol. The Balaban J connectivity index is 1.33. The van der Waals surface area contributed by atoms with Gasteiger partial charge >= 0.3 is 0 Å². The molecule has 176 valence electrons. The highest BCUT2D eigenvalue weighted by Gasteiger charge is 2.13. The molecule has 3 heterocycles. The summed E-state index contributed by atoms with van der Waals surface area (Å²) in [7, 11) is 1.99. The van der Waals surface area contributed by atoms with Gasteiger partial charge in [0.1, 0.15) is 23.8 Å². The van der Waals surface area contributed by atoms with E-state index in [1.807, 2.05) is 41.0 Å². The number of anilines is 3. The number of halogens is 2. The Morgan fingerprint density at radius 2 is 1.86 bits per heavy atom. The van der Waals surface area contributed by atoms with Crippen LogP contribution in [0.15, 0.2) is 73.3 Å². The highest BCUT2D eigenvalue weighted by atomic mass is 35.5. The molecule has 3 aromatic heterocycles. The molecule has 0 aliphatic rings. The number of pyridine rings is 1. The van der Waals surface area contributed by atoms with Crippen molar-refractivity contribution in [2.45, 2.75) is 20.0 Å². The topological polar surface area (TPSA) is 71.8 Å². The number of hydrogen-bond donors (Lipinski definition) is 1. The minimum atomic E-state index is -0.317. The number of aryl methyl sites for hydroxylation is 1. The predicted octanol–water partition coefficient (Wildman–Crippen LogP) is 5.75. The molecule has 0 bridgehead atoms. The maximum absolute atomic E-state index is 14.5. The molecule has 0 saturated carbocycles. The molecule has 0 spiro atoms. The Bertz CT molecular complexity index is 1470. The summed E-state index contributed by atoms with van der Waals surface area (Å²) >= 11 is 6.21. The third-order valence-electron chi connectivity index (χ3n) is 5.84. The van der Waals surface area contributed by atoms with Crippen molar-refractivity contribution in [3.05, 3.63) is 101 Å². The summed E-state index contributed by atoms with van der Waals surface area (Å²) in [5, 5.41) is 8.89. The Morgan fingerprint density at radius 1 is 1.03 bits per heavy atom. The van der Waals surface area contributed by atoms with Crippen LogP contribution >= 0.6 is 11.6 Å². The van der Waals surface area contributed by atoms with E-state index in [1.165, 1.54) is 6.33 Å². The molecule has 5 aromatic rings. The molecule has 0 unspecified atom stereocenters. The second-order valence-electron chi connectivity index (χ2n) is 8.21. The van der Waals surface area contributed by atoms with E-state index < -0.39 is 0 Å². The van der Waals surface area contributed by atoms with E-state index in [4.69, 9.17) is 11.6 Å². The summed E-state index contributed by atoms with van der Waals surface area (Å²) in [5.41, 5.74) is 3.64. The van der Waals surface area contributed by atoms with E-state index in [-0.39, 0.29) is 12.4 Å². The molecule has 5 rings (SSSR count). The average molecular weight is 488 g/mol. The first-order valence-electron chi connectivity index (χ1n) is 11.1. The highest BCUT2D eigenvalue weighted by Crippen LogP contribution is 2.25. The van der Waals surface area contributed by atoms with Gasteiger partial charge in [0.25, 0.3) is 0 Å². The van der Waals surface area contributed by atoms with Gasteiger partial charge in [0, 0.05) is 42.3 Å². The van der Waals surface area contributed by atoms with E-state index >= 15 is 0 Å². The molecule has 0 saturated heterocycles. The fourth-order valence-corrected chi connectivity index (χ4v) is 4.06. The van der Waals surface area contributed by atoms with Crippen LogP contribution in [0.2, 0.25) is 5.02 Å². The van der Waals surface area contributed by atoms with Crippen molar-refractivity contribution in [2.24, 2.45) is 0 Å². The van der Waals surface area contributed by atoms with Gasteiger partial charge in [-0.1, -0.05) is 35.9 Å². The summed E-state index contributed by atoms with van der Waals surface area (Å²) < 4.78 is 16.3. The van der Waals surface area contributed by atoms with E-state index in [9.17, 15) is 4.39 Å². The van der Waals surface area contributed by atoms with E-state index in [0.29, 0.717) is 34.2 Å². The number of fused-ring (bicyclic) bond motifs is 1. The molecule has 0 aliphatic heterocycles. The molecule has 0 radical (unpaired) electrons. The fraction of sp³-hybridized carbons (Fsp3) is 0.154. The summed E-state index contributed by atoms with van der Waals surface area (Å²) in [6.07, 6.45) is 5.11. The molecule has 35 heavy (non-hydrogen) atoms. The van der Waals surface area contributed by atoms with Gasteiger partial charge in [0.05, 0.1) is 11.9 Å². The first kappa shape index (κ1) is 22.7. The van der Waals surface area contributed by atoms with Crippen molar-refractivity contribution in [3.63, 3.8) is 0 Å². The Kier molecular flexibility index (Phi) is 6.29. The Labute approximate surface area is 207 Å². The summed E-state index contributed by atoms with van der Waals surface area (Å²) in [6.45, 7) is 2.49. The summed E-state index contributed by atoms with van der Waals surface area (Å²) in [5.74, 6) is 1.14. The van der Waals surface area contributed by atoms with E-state index in [0.717, 1.165) is 22.5 Å². The minimum Gasteiger partial charge on any atom is -0.365 e. The standard InChI is InChI=1S/C26H23ClFN7/c1-17-6-11-22(27)20(24(17)28)13-30-25-21-15-35(33-26(21)32-16-31-25)14-18-7-9-19(10-8-18)34(2)23-5-3-4-12-29-23/h3-12,15-16H,13-14H2,1-2H3,(H,30,31,32,33). The van der Waals surface area contributed by atoms with Crippen LogP contribution < -0.4 is 10.2 Å². The first-order chi connectivity index (χ1) is 17.0. The van der Waals surface area contributed by atoms with Crippen molar-refractivity contribution in [3.8, 4) is 0 Å². The van der Waals surface area contributed by atoms with Crippen LogP contribution in [0.5, 0.6) is 0 Å². The molecule has 0 fully saturated rings. The van der Waals surface area contributed by atoms with Gasteiger partial charge in [0.2, 0.25) is 0 Å². The average Bonchev–Trinajstić information content (AvgIpc) is 3.30. The first-order valence-corrected chi connectivity index (χ1v) is 11.5. The molecule has 2 aromatic carbocycles. The third kappa shape index (κ3) is 4.79. The smallest absolute Gasteiger partial charge is 0.186 e. The zero-order chi connectivity index (χ0) is 24.4. The predicted molar refractivity (Wildman–Crippen MR) is 137 cm³/mol. The number of hydrogen-bond acceptors (Lipinski definition) is 6. The summed E-state index contributed by atoms with van der Waals surface area (Å²) in [4.78, 5) is 15.0. The van der Waals surface area contributed by atoms with Gasteiger partial charge in [-0.2, -0.15) is 5.10 Å². The lowest BCUT2D eigenvalue weighted by Crippen LogP contribution is -2.10. The minimum absolute atomic E-state index is 0.203. The molecule has 0 amide bonds. The summed E-state index contributed by atoms with van der Waals surface area (Å²) in [6, 6.07) is 17.4. The van der Waals surface area contributed by atoms with Gasteiger partial charge in [-0.3, -0.25) is 4.68 Å². The molecule has 0 atom stereocenters. The van der Waals surface area contributed by atoms with Crippen molar-refractivity contribution in [1.29, 1.82) is 0 Å². The van der Waals surface area contributed by atoms with Crippen molar-refractivity contribution >= 4 is 40.0 Å². The van der Waals surface area contributed by atoms with Gasteiger partial charge in [-0.05, 0) is 48.4 Å². The van der Waals surface area contributed by atoms with Crippen LogP contribution in [0, 0.1) is 12.7 Å².